The number of thioether (sulfide) groups is 1. The predicted octanol–water partition coefficient (Wildman–Crippen LogP) is 6.62. The van der Waals surface area contributed by atoms with E-state index in [4.69, 9.17) is 23.2 Å². The third kappa shape index (κ3) is 7.89. The highest BCUT2D eigenvalue weighted by molar-refractivity contribution is 7.99. The van der Waals surface area contributed by atoms with Gasteiger partial charge in [0.25, 0.3) is 0 Å². The van der Waals surface area contributed by atoms with E-state index in [9.17, 15) is 14.0 Å². The van der Waals surface area contributed by atoms with Crippen molar-refractivity contribution < 1.29 is 14.0 Å². The second-order valence-corrected chi connectivity index (χ2v) is 10.5. The van der Waals surface area contributed by atoms with Crippen LogP contribution >= 0.6 is 35.0 Å². The second kappa shape index (κ2) is 13.4. The minimum atomic E-state index is -0.590. The van der Waals surface area contributed by atoms with Crippen LogP contribution in [0.1, 0.15) is 56.6 Å². The van der Waals surface area contributed by atoms with Crippen molar-refractivity contribution >= 4 is 46.8 Å². The van der Waals surface area contributed by atoms with E-state index in [1.165, 1.54) is 30.3 Å². The summed E-state index contributed by atoms with van der Waals surface area (Å²) in [5.74, 6) is 0.244. The average molecular weight is 526 g/mol. The maximum atomic E-state index is 13.4. The van der Waals surface area contributed by atoms with Gasteiger partial charge in [0.15, 0.2) is 0 Å². The van der Waals surface area contributed by atoms with E-state index in [2.05, 4.69) is 5.32 Å². The summed E-state index contributed by atoms with van der Waals surface area (Å²) in [6.07, 6.45) is 5.89. The van der Waals surface area contributed by atoms with Gasteiger partial charge in [-0.25, -0.2) is 4.39 Å². The van der Waals surface area contributed by atoms with Crippen molar-refractivity contribution in [3.8, 4) is 0 Å². The van der Waals surface area contributed by atoms with Crippen LogP contribution in [-0.4, -0.2) is 34.6 Å². The number of carbonyl (C=O) groups excluding carboxylic acids is 2. The third-order valence-electron chi connectivity index (χ3n) is 6.10. The highest BCUT2D eigenvalue weighted by Gasteiger charge is 2.30. The zero-order chi connectivity index (χ0) is 24.5. The van der Waals surface area contributed by atoms with Crippen LogP contribution in [0.2, 0.25) is 10.0 Å². The summed E-state index contributed by atoms with van der Waals surface area (Å²) in [4.78, 5) is 28.2. The summed E-state index contributed by atoms with van der Waals surface area (Å²) in [6.45, 7) is 2.14. The van der Waals surface area contributed by atoms with Crippen LogP contribution in [-0.2, 0) is 21.9 Å². The zero-order valence-electron chi connectivity index (χ0n) is 19.4. The van der Waals surface area contributed by atoms with Crippen molar-refractivity contribution in [3.05, 3.63) is 69.5 Å². The van der Waals surface area contributed by atoms with Crippen LogP contribution in [0.4, 0.5) is 4.39 Å². The Hall–Kier alpha value is -1.76. The minimum Gasteiger partial charge on any atom is -0.352 e. The molecule has 0 aliphatic heterocycles. The first-order valence-electron chi connectivity index (χ1n) is 11.7. The molecule has 0 spiro atoms. The van der Waals surface area contributed by atoms with Gasteiger partial charge in [0, 0.05) is 28.4 Å². The summed E-state index contributed by atoms with van der Waals surface area (Å²) in [5.41, 5.74) is 1.68. The first-order valence-corrected chi connectivity index (χ1v) is 13.6. The first-order chi connectivity index (χ1) is 16.4. The molecular weight excluding hydrogens is 494 g/mol. The van der Waals surface area contributed by atoms with Crippen molar-refractivity contribution in [1.82, 2.24) is 10.2 Å². The van der Waals surface area contributed by atoms with E-state index >= 15 is 0 Å². The number of nitrogens with zero attached hydrogens (tertiary/aromatic N) is 1. The van der Waals surface area contributed by atoms with E-state index in [1.54, 1.807) is 35.2 Å². The largest absolute Gasteiger partial charge is 0.352 e. The Morgan fingerprint density at radius 1 is 1.12 bits per heavy atom. The fraction of sp³-hybridized carbons (Fsp3) is 0.462. The van der Waals surface area contributed by atoms with Gasteiger partial charge in [-0.15, -0.1) is 11.8 Å². The van der Waals surface area contributed by atoms with Gasteiger partial charge in [-0.3, -0.25) is 9.59 Å². The molecule has 0 bridgehead atoms. The lowest BCUT2D eigenvalue weighted by molar-refractivity contribution is -0.139. The molecule has 2 aromatic carbocycles. The molecule has 3 rings (SSSR count). The van der Waals surface area contributed by atoms with Gasteiger partial charge in [0.05, 0.1) is 5.75 Å². The number of amides is 2. The van der Waals surface area contributed by atoms with Crippen LogP contribution < -0.4 is 5.32 Å². The number of halogens is 3. The molecule has 4 nitrogen and oxygen atoms in total. The molecule has 1 aliphatic carbocycles. The molecule has 1 atom stereocenters. The fourth-order valence-corrected chi connectivity index (χ4v) is 5.56. The van der Waals surface area contributed by atoms with Crippen molar-refractivity contribution in [2.45, 2.75) is 69.8 Å². The summed E-state index contributed by atoms with van der Waals surface area (Å²) in [7, 11) is 0. The Morgan fingerprint density at radius 2 is 1.82 bits per heavy atom. The van der Waals surface area contributed by atoms with Gasteiger partial charge in [0.2, 0.25) is 11.8 Å². The Morgan fingerprint density at radius 3 is 2.47 bits per heavy atom. The van der Waals surface area contributed by atoms with Crippen LogP contribution in [0, 0.1) is 5.82 Å². The lowest BCUT2D eigenvalue weighted by Crippen LogP contribution is -2.52. The number of hydrogen-bond donors (Lipinski definition) is 1. The Balaban J connectivity index is 1.72. The molecule has 1 aliphatic rings. The molecule has 1 saturated carbocycles. The summed E-state index contributed by atoms with van der Waals surface area (Å²) in [5, 5.41) is 4.15. The van der Waals surface area contributed by atoms with Gasteiger partial charge in [-0.1, -0.05) is 67.6 Å². The first kappa shape index (κ1) is 26.8. The van der Waals surface area contributed by atoms with Gasteiger partial charge in [0.1, 0.15) is 11.9 Å². The molecule has 8 heteroatoms. The standard InChI is InChI=1S/C26H31Cl2FN2O2S/c1-2-24(26(33)30-22-6-4-3-5-7-22)31(15-19-10-11-20(27)14-23(19)28)25(32)17-34-16-18-8-12-21(29)13-9-18/h8-14,22,24H,2-7,15-17H2,1H3,(H,30,33). The van der Waals surface area contributed by atoms with Crippen LogP contribution in [0.25, 0.3) is 0 Å². The van der Waals surface area contributed by atoms with E-state index < -0.39 is 6.04 Å². The lowest BCUT2D eigenvalue weighted by Gasteiger charge is -2.33. The third-order valence-corrected chi connectivity index (χ3v) is 7.68. The monoisotopic (exact) mass is 524 g/mol. The molecule has 0 radical (unpaired) electrons. The SMILES string of the molecule is CCC(C(=O)NC1CCCCC1)N(Cc1ccc(Cl)cc1Cl)C(=O)CSCc1ccc(F)cc1. The second-order valence-electron chi connectivity index (χ2n) is 8.64. The predicted molar refractivity (Wildman–Crippen MR) is 139 cm³/mol. The molecule has 2 amide bonds. The van der Waals surface area contributed by atoms with Crippen molar-refractivity contribution in [2.24, 2.45) is 0 Å². The van der Waals surface area contributed by atoms with Gasteiger partial charge < -0.3 is 10.2 Å². The quantitative estimate of drug-likeness (QED) is 0.379. The molecule has 0 aromatic heterocycles. The summed E-state index contributed by atoms with van der Waals surface area (Å²) >= 11 is 13.9. The van der Waals surface area contributed by atoms with E-state index in [-0.39, 0.29) is 36.0 Å². The number of benzene rings is 2. The van der Waals surface area contributed by atoms with Crippen molar-refractivity contribution in [2.75, 3.05) is 5.75 Å². The fourth-order valence-electron chi connectivity index (χ4n) is 4.22. The summed E-state index contributed by atoms with van der Waals surface area (Å²) < 4.78 is 13.2. The van der Waals surface area contributed by atoms with Crippen LogP contribution in [0.15, 0.2) is 42.5 Å². The van der Waals surface area contributed by atoms with Gasteiger partial charge >= 0.3 is 0 Å². The molecule has 1 fully saturated rings. The van der Waals surface area contributed by atoms with Crippen molar-refractivity contribution in [1.29, 1.82) is 0 Å². The van der Waals surface area contributed by atoms with E-state index in [1.807, 2.05) is 6.92 Å². The number of carbonyl (C=O) groups is 2. The maximum absolute atomic E-state index is 13.4. The molecular formula is C26H31Cl2FN2O2S. The number of nitrogens with one attached hydrogen (secondary N) is 1. The molecule has 34 heavy (non-hydrogen) atoms. The number of hydrogen-bond acceptors (Lipinski definition) is 3. The Labute approximate surface area is 215 Å². The van der Waals surface area contributed by atoms with Gasteiger partial charge in [-0.2, -0.15) is 0 Å². The molecule has 1 N–H and O–H groups in total. The van der Waals surface area contributed by atoms with E-state index in [0.29, 0.717) is 22.2 Å². The smallest absolute Gasteiger partial charge is 0.243 e. The Kier molecular flexibility index (Phi) is 10.5. The highest BCUT2D eigenvalue weighted by atomic mass is 35.5. The van der Waals surface area contributed by atoms with Crippen LogP contribution in [0.3, 0.4) is 0 Å². The minimum absolute atomic E-state index is 0.114. The molecule has 2 aromatic rings. The molecule has 184 valence electrons. The molecule has 0 heterocycles. The Bertz CT molecular complexity index is 968. The zero-order valence-corrected chi connectivity index (χ0v) is 21.7. The van der Waals surface area contributed by atoms with Gasteiger partial charge in [-0.05, 0) is 54.7 Å². The normalized spacial score (nSPS) is 15.1. The number of rotatable bonds is 10. The highest BCUT2D eigenvalue weighted by Crippen LogP contribution is 2.25. The van der Waals surface area contributed by atoms with Crippen LogP contribution in [0.5, 0.6) is 0 Å². The molecule has 1 unspecified atom stereocenters. The average Bonchev–Trinajstić information content (AvgIpc) is 2.82. The van der Waals surface area contributed by atoms with E-state index in [0.717, 1.165) is 36.8 Å². The maximum Gasteiger partial charge on any atom is 0.243 e. The topological polar surface area (TPSA) is 49.4 Å². The summed E-state index contributed by atoms with van der Waals surface area (Å²) in [6, 6.07) is 11.0. The lowest BCUT2D eigenvalue weighted by atomic mass is 9.95. The molecule has 0 saturated heterocycles. The van der Waals surface area contributed by atoms with Crippen molar-refractivity contribution in [3.63, 3.8) is 0 Å².